The number of nitrogen functional groups attached to an aromatic ring is 1. The summed E-state index contributed by atoms with van der Waals surface area (Å²) in [5, 5.41) is 42.1. The molecular formula is C60H74N14O7S. The van der Waals surface area contributed by atoms with Crippen molar-refractivity contribution in [2.45, 2.75) is 134 Å². The third-order valence-corrected chi connectivity index (χ3v) is 18.5. The van der Waals surface area contributed by atoms with Crippen LogP contribution in [-0.2, 0) is 14.3 Å². The fourth-order valence-electron chi connectivity index (χ4n) is 12.7. The number of fused-ring (bicyclic) bond motifs is 1. The van der Waals surface area contributed by atoms with Gasteiger partial charge in [0.05, 0.1) is 70.1 Å². The van der Waals surface area contributed by atoms with E-state index >= 15 is 0 Å². The molecule has 9 heterocycles. The largest absolute Gasteiger partial charge is 0.507 e. The number of carbonyl (C=O) groups is 2. The molecule has 5 N–H and O–H groups in total. The van der Waals surface area contributed by atoms with Crippen LogP contribution in [0.1, 0.15) is 114 Å². The molecule has 21 nitrogen and oxygen atoms in total. The van der Waals surface area contributed by atoms with Crippen molar-refractivity contribution in [2.75, 3.05) is 67.9 Å². The van der Waals surface area contributed by atoms with E-state index in [1.54, 1.807) is 35.9 Å². The van der Waals surface area contributed by atoms with Gasteiger partial charge in [-0.25, -0.2) is 15.0 Å². The lowest BCUT2D eigenvalue weighted by atomic mass is 9.91. The summed E-state index contributed by atoms with van der Waals surface area (Å²) in [4.78, 5) is 51.6. The molecule has 2 amide bonds. The number of nitrogens with zero attached hydrogens (tertiary/aromatic N) is 12. The molecule has 4 aliphatic heterocycles. The van der Waals surface area contributed by atoms with Crippen LogP contribution in [-0.4, -0.2) is 155 Å². The van der Waals surface area contributed by atoms with Crippen LogP contribution in [0.2, 0.25) is 0 Å². The normalized spacial score (nSPS) is 22.2. The quantitative estimate of drug-likeness (QED) is 0.0681. The molecule has 1 aliphatic carbocycles. The van der Waals surface area contributed by atoms with Gasteiger partial charge in [0.15, 0.2) is 28.7 Å². The summed E-state index contributed by atoms with van der Waals surface area (Å²) in [5.41, 5.74) is 13.6. The Morgan fingerprint density at radius 1 is 0.854 bits per heavy atom. The summed E-state index contributed by atoms with van der Waals surface area (Å²) in [5.74, 6) is 2.31. The van der Waals surface area contributed by atoms with E-state index in [0.717, 1.165) is 130 Å². The smallest absolute Gasteiger partial charge is 0.243 e. The fourth-order valence-corrected chi connectivity index (χ4v) is 13.5. The highest BCUT2D eigenvalue weighted by atomic mass is 32.1. The first-order valence-electron chi connectivity index (χ1n) is 29.2. The highest BCUT2D eigenvalue weighted by Gasteiger charge is 2.44. The highest BCUT2D eigenvalue weighted by molar-refractivity contribution is 7.13. The van der Waals surface area contributed by atoms with Gasteiger partial charge in [0.1, 0.15) is 23.8 Å². The Bertz CT molecular complexity index is 3320. The van der Waals surface area contributed by atoms with Crippen LogP contribution in [0.3, 0.4) is 0 Å². The number of anilines is 3. The first-order valence-corrected chi connectivity index (χ1v) is 30.1. The lowest BCUT2D eigenvalue weighted by Crippen LogP contribution is -2.48. The molecule has 82 heavy (non-hydrogen) atoms. The van der Waals surface area contributed by atoms with Crippen LogP contribution < -0.4 is 25.6 Å². The van der Waals surface area contributed by atoms with Gasteiger partial charge >= 0.3 is 0 Å². The summed E-state index contributed by atoms with van der Waals surface area (Å²) in [6.07, 6.45) is 10.9. The summed E-state index contributed by atoms with van der Waals surface area (Å²) < 4.78 is 20.8. The third kappa shape index (κ3) is 11.8. The Labute approximate surface area is 481 Å². The Kier molecular flexibility index (Phi) is 16.1. The molecule has 0 bridgehead atoms. The van der Waals surface area contributed by atoms with Gasteiger partial charge in [0, 0.05) is 83.3 Å². The predicted molar refractivity (Wildman–Crippen MR) is 311 cm³/mol. The number of aliphatic hydroxyl groups excluding tert-OH is 1. The number of phenolic OH excluding ortho intramolecular Hbond substituents is 1. The molecular weight excluding hydrogens is 1060 g/mol. The molecule has 432 valence electrons. The van der Waals surface area contributed by atoms with E-state index in [1.807, 2.05) is 86.4 Å². The maximum absolute atomic E-state index is 14.4. The van der Waals surface area contributed by atoms with Crippen molar-refractivity contribution in [3.05, 3.63) is 95.6 Å². The number of thiazole rings is 1. The van der Waals surface area contributed by atoms with Gasteiger partial charge in [-0.2, -0.15) is 5.10 Å². The van der Waals surface area contributed by atoms with E-state index < -0.39 is 18.1 Å². The van der Waals surface area contributed by atoms with Crippen LogP contribution in [0.15, 0.2) is 83.1 Å². The summed E-state index contributed by atoms with van der Waals surface area (Å²) in [7, 11) is 0. The van der Waals surface area contributed by atoms with Crippen LogP contribution in [0.5, 0.6) is 11.5 Å². The van der Waals surface area contributed by atoms with Crippen molar-refractivity contribution in [2.24, 2.45) is 11.8 Å². The van der Waals surface area contributed by atoms with E-state index in [9.17, 15) is 19.8 Å². The molecule has 4 saturated heterocycles. The SMILES string of the molecule is Cc1ncsc1-c1ccc([C@H](C)NC(=O)[C@@H]2C[C@@H](O)CN2C(=O)C(c2cc(N3CCC(CN4CCC(OC5CC(Oc6cnc(N7CCC(n8nc(N)c9nnc(-c%10ccccc%10O)cc98)CC7)nc6)C5)CC4)CC3)no2)C(C)C)cc1. The monoisotopic (exact) mass is 1130 g/mol. The number of likely N-dealkylation sites (tertiary alicyclic amines) is 2. The second-order valence-electron chi connectivity index (χ2n) is 23.5. The van der Waals surface area contributed by atoms with E-state index in [0.29, 0.717) is 46.0 Å². The number of phenols is 1. The maximum atomic E-state index is 14.4. The zero-order valence-electron chi connectivity index (χ0n) is 47.1. The average Bonchev–Trinajstić information content (AvgIpc) is 4.48. The number of carbonyl (C=O) groups excluding carboxylic acids is 2. The molecule has 22 heteroatoms. The Balaban J connectivity index is 0.549. The molecule has 2 aromatic carbocycles. The van der Waals surface area contributed by atoms with Crippen molar-refractivity contribution in [1.29, 1.82) is 0 Å². The number of hydrogen-bond acceptors (Lipinski definition) is 19. The number of amides is 2. The number of β-amino-alcohol motifs (C(OH)–C–C–N with tert-alkyl or cyclic N) is 1. The van der Waals surface area contributed by atoms with Gasteiger partial charge in [-0.1, -0.05) is 55.4 Å². The molecule has 5 aliphatic rings. The summed E-state index contributed by atoms with van der Waals surface area (Å²) >= 11 is 1.60. The number of aryl methyl sites for hydroxylation is 1. The molecule has 0 spiro atoms. The molecule has 1 unspecified atom stereocenters. The van der Waals surface area contributed by atoms with Gasteiger partial charge in [0.25, 0.3) is 0 Å². The van der Waals surface area contributed by atoms with Crippen molar-refractivity contribution < 1.29 is 33.8 Å². The van der Waals surface area contributed by atoms with E-state index in [4.69, 9.17) is 19.7 Å². The van der Waals surface area contributed by atoms with E-state index in [1.165, 1.54) is 4.90 Å². The van der Waals surface area contributed by atoms with Crippen molar-refractivity contribution in [1.82, 2.24) is 55.2 Å². The van der Waals surface area contributed by atoms with Gasteiger partial charge in [-0.3, -0.25) is 14.3 Å². The predicted octanol–water partition coefficient (Wildman–Crippen LogP) is 7.72. The number of aromatic hydroxyl groups is 1. The van der Waals surface area contributed by atoms with Gasteiger partial charge in [0.2, 0.25) is 17.8 Å². The summed E-state index contributed by atoms with van der Waals surface area (Å²) in [6.45, 7) is 14.3. The zero-order chi connectivity index (χ0) is 56.6. The number of nitrogens with one attached hydrogen (secondary N) is 1. The molecule has 0 radical (unpaired) electrons. The minimum absolute atomic E-state index is 0.0823. The van der Waals surface area contributed by atoms with Gasteiger partial charge in [-0.05, 0) is 93.5 Å². The fraction of sp³-hybridized carbons (Fsp3) is 0.517. The van der Waals surface area contributed by atoms with Gasteiger partial charge in [-0.15, -0.1) is 21.5 Å². The molecule has 1 saturated carbocycles. The second-order valence-corrected chi connectivity index (χ2v) is 24.3. The third-order valence-electron chi connectivity index (χ3n) is 17.5. The maximum Gasteiger partial charge on any atom is 0.243 e. The number of benzene rings is 2. The topological polar surface area (TPSA) is 252 Å². The van der Waals surface area contributed by atoms with Crippen LogP contribution in [0.4, 0.5) is 17.6 Å². The average molecular weight is 1140 g/mol. The van der Waals surface area contributed by atoms with E-state index in [-0.39, 0.29) is 66.8 Å². The molecule has 7 aromatic rings. The Morgan fingerprint density at radius 2 is 1.59 bits per heavy atom. The minimum Gasteiger partial charge on any atom is -0.507 e. The number of hydrogen-bond donors (Lipinski definition) is 4. The molecule has 12 rings (SSSR count). The number of ether oxygens (including phenoxy) is 2. The number of aromatic nitrogens is 8. The number of rotatable bonds is 17. The number of para-hydroxylation sites is 1. The molecule has 4 atom stereocenters. The lowest BCUT2D eigenvalue weighted by molar-refractivity contribution is -0.141. The van der Waals surface area contributed by atoms with Gasteiger partial charge < -0.3 is 54.9 Å². The van der Waals surface area contributed by atoms with Crippen molar-refractivity contribution >= 4 is 51.8 Å². The molecule has 5 aromatic heterocycles. The van der Waals surface area contributed by atoms with Crippen LogP contribution in [0, 0.1) is 18.8 Å². The van der Waals surface area contributed by atoms with Crippen molar-refractivity contribution in [3.8, 4) is 33.2 Å². The zero-order valence-corrected chi connectivity index (χ0v) is 47.9. The molecule has 5 fully saturated rings. The minimum atomic E-state index is -0.804. The highest BCUT2D eigenvalue weighted by Crippen LogP contribution is 2.38. The number of nitrogens with two attached hydrogens (primary N) is 1. The van der Waals surface area contributed by atoms with E-state index in [2.05, 4.69) is 55.4 Å². The first kappa shape index (κ1) is 55.3. The van der Waals surface area contributed by atoms with Crippen LogP contribution >= 0.6 is 11.3 Å². The lowest BCUT2D eigenvalue weighted by Gasteiger charge is -2.41. The number of piperidine rings is 3. The Morgan fingerprint density at radius 3 is 2.29 bits per heavy atom. The summed E-state index contributed by atoms with van der Waals surface area (Å²) in [6, 6.07) is 18.0. The van der Waals surface area contributed by atoms with Crippen molar-refractivity contribution in [3.63, 3.8) is 0 Å². The Hall–Kier alpha value is -7.27. The first-order chi connectivity index (χ1) is 39.8. The standard InChI is InChI=1S/C60H74N14O7S/c1-35(2)54(59(78)73-33-42(75)25-50(73)58(77)65-36(3)39-9-11-40(12-10-39)56-37(4)64-34-82-56)52-29-53(69-81-52)71-21-13-38(14-22-71)32-70-19-17-43(18-20-70)79-44-26-45(27-44)80-46-30-62-60(63-31-46)72-23-15-41(16-24-72)74-49-28-48(47-7-5-6-8-51(47)76)66-67-55(49)57(61)68-74/h5-12,28-31,34-36,38,41-45,50,54,75-76H,13-27,32-33H2,1-4H3,(H2,61,68)(H,65,77)/t36-,42+,44?,45?,50-,54?/m0/s1. The van der Waals surface area contributed by atoms with Crippen LogP contribution in [0.25, 0.3) is 32.7 Å². The number of aliphatic hydroxyl groups is 1. The second kappa shape index (κ2) is 23.9.